The quantitative estimate of drug-likeness (QED) is 0.772. The molecule has 0 radical (unpaired) electrons. The molecule has 10 heteroatoms. The fourth-order valence-corrected chi connectivity index (χ4v) is 1.21. The highest BCUT2D eigenvalue weighted by molar-refractivity contribution is 5.24. The summed E-state index contributed by atoms with van der Waals surface area (Å²) in [4.78, 5) is 0. The van der Waals surface area contributed by atoms with Crippen molar-refractivity contribution in [2.45, 2.75) is 31.6 Å². The number of aryl methyl sites for hydroxylation is 1. The van der Waals surface area contributed by atoms with Crippen LogP contribution in [0.15, 0.2) is 6.07 Å². The average molecular weight is 294 g/mol. The third kappa shape index (κ3) is 3.51. The smallest absolute Gasteiger partial charge is 0.230 e. The number of hydrogen-bond donors (Lipinski definition) is 0. The molecule has 0 aromatic carbocycles. The molecular weight excluding hydrogens is 288 g/mol. The van der Waals surface area contributed by atoms with Crippen LogP contribution in [0.4, 0.5) is 35.1 Å². The summed E-state index contributed by atoms with van der Waals surface area (Å²) in [6.07, 6.45) is -17.5. The minimum absolute atomic E-state index is 0.388. The highest BCUT2D eigenvalue weighted by Crippen LogP contribution is 2.38. The summed E-state index contributed by atoms with van der Waals surface area (Å²) < 4.78 is 98.0. The van der Waals surface area contributed by atoms with E-state index in [-0.39, 0.29) is 0 Å². The molecule has 2 atom stereocenters. The number of hydrogen-bond acceptors (Lipinski definition) is 2. The molecule has 0 aliphatic heterocycles. The maximum Gasteiger partial charge on any atom is 0.425 e. The monoisotopic (exact) mass is 294 g/mol. The zero-order valence-electron chi connectivity index (χ0n) is 9.15. The van der Waals surface area contributed by atoms with Gasteiger partial charge in [0.2, 0.25) is 12.3 Å². The molecule has 0 spiro atoms. The summed E-state index contributed by atoms with van der Waals surface area (Å²) >= 11 is 0. The average Bonchev–Trinajstić information content (AvgIpc) is 2.24. The Morgan fingerprint density at radius 1 is 0.895 bits per heavy atom. The summed E-state index contributed by atoms with van der Waals surface area (Å²) in [5.74, 6) is 0. The van der Waals surface area contributed by atoms with E-state index in [0.717, 1.165) is 6.92 Å². The van der Waals surface area contributed by atoms with Crippen molar-refractivity contribution in [1.82, 2.24) is 10.2 Å². The van der Waals surface area contributed by atoms with Crippen LogP contribution in [0.25, 0.3) is 0 Å². The highest BCUT2D eigenvalue weighted by Gasteiger charge is 2.45. The Labute approximate surface area is 101 Å². The van der Waals surface area contributed by atoms with Crippen LogP contribution in [0.1, 0.15) is 29.3 Å². The van der Waals surface area contributed by atoms with E-state index >= 15 is 0 Å². The van der Waals surface area contributed by atoms with Gasteiger partial charge in [-0.2, -0.15) is 36.5 Å². The van der Waals surface area contributed by atoms with E-state index in [0.29, 0.717) is 6.07 Å². The SMILES string of the molecule is Cc1cc(C(F)C(F)(F)F)nnc1C(F)C(F)(F)F. The third-order valence-electron chi connectivity index (χ3n) is 2.12. The van der Waals surface area contributed by atoms with Crippen molar-refractivity contribution in [1.29, 1.82) is 0 Å². The molecule has 108 valence electrons. The molecule has 2 unspecified atom stereocenters. The zero-order chi connectivity index (χ0) is 15.0. The van der Waals surface area contributed by atoms with E-state index in [1.807, 2.05) is 0 Å². The molecule has 0 bridgehead atoms. The van der Waals surface area contributed by atoms with Crippen LogP contribution in [0.5, 0.6) is 0 Å². The first-order valence-corrected chi connectivity index (χ1v) is 4.70. The molecule has 0 fully saturated rings. The highest BCUT2D eigenvalue weighted by atomic mass is 19.4. The van der Waals surface area contributed by atoms with Crippen LogP contribution >= 0.6 is 0 Å². The Morgan fingerprint density at radius 2 is 1.37 bits per heavy atom. The number of halogens is 8. The Kier molecular flexibility index (Phi) is 4.01. The molecule has 0 saturated heterocycles. The van der Waals surface area contributed by atoms with E-state index in [1.54, 1.807) is 0 Å². The van der Waals surface area contributed by atoms with Gasteiger partial charge in [0.25, 0.3) is 0 Å². The van der Waals surface area contributed by atoms with Gasteiger partial charge in [0.05, 0.1) is 0 Å². The second-order valence-electron chi connectivity index (χ2n) is 3.65. The number of nitrogens with zero attached hydrogens (tertiary/aromatic N) is 2. The summed E-state index contributed by atoms with van der Waals surface area (Å²) in [5.41, 5.74) is -2.98. The molecule has 0 aliphatic carbocycles. The molecule has 1 heterocycles. The maximum atomic E-state index is 12.9. The molecule has 0 aliphatic rings. The van der Waals surface area contributed by atoms with E-state index in [1.165, 1.54) is 0 Å². The third-order valence-corrected chi connectivity index (χ3v) is 2.12. The maximum absolute atomic E-state index is 12.9. The first-order chi connectivity index (χ1) is 8.44. The van der Waals surface area contributed by atoms with Crippen LogP contribution in [-0.4, -0.2) is 22.5 Å². The van der Waals surface area contributed by atoms with Crippen molar-refractivity contribution in [3.8, 4) is 0 Å². The minimum Gasteiger partial charge on any atom is -0.230 e. The van der Waals surface area contributed by atoms with E-state index < -0.39 is 41.6 Å². The first kappa shape index (κ1) is 15.6. The van der Waals surface area contributed by atoms with Crippen molar-refractivity contribution in [2.24, 2.45) is 0 Å². The fourth-order valence-electron chi connectivity index (χ4n) is 1.21. The van der Waals surface area contributed by atoms with Gasteiger partial charge in [0, 0.05) is 0 Å². The van der Waals surface area contributed by atoms with Gasteiger partial charge in [-0.05, 0) is 18.6 Å². The van der Waals surface area contributed by atoms with Crippen molar-refractivity contribution in [3.05, 3.63) is 23.0 Å². The van der Waals surface area contributed by atoms with Gasteiger partial charge >= 0.3 is 12.4 Å². The Balaban J connectivity index is 3.12. The Hall–Kier alpha value is -1.48. The molecule has 1 aromatic rings. The molecule has 0 amide bonds. The van der Waals surface area contributed by atoms with Crippen molar-refractivity contribution in [3.63, 3.8) is 0 Å². The molecule has 2 nitrogen and oxygen atoms in total. The van der Waals surface area contributed by atoms with Gasteiger partial charge in [0.15, 0.2) is 0 Å². The van der Waals surface area contributed by atoms with Crippen LogP contribution in [0, 0.1) is 6.92 Å². The summed E-state index contributed by atoms with van der Waals surface area (Å²) in [7, 11) is 0. The molecular formula is C9H6F8N2. The second kappa shape index (κ2) is 4.89. The normalized spacial score (nSPS) is 16.3. The lowest BCUT2D eigenvalue weighted by atomic mass is 10.1. The topological polar surface area (TPSA) is 25.8 Å². The van der Waals surface area contributed by atoms with Gasteiger partial charge in [-0.1, -0.05) is 0 Å². The zero-order valence-corrected chi connectivity index (χ0v) is 9.15. The van der Waals surface area contributed by atoms with Gasteiger partial charge < -0.3 is 0 Å². The van der Waals surface area contributed by atoms with Crippen molar-refractivity contribution in [2.75, 3.05) is 0 Å². The summed E-state index contributed by atoms with van der Waals surface area (Å²) in [6.45, 7) is 0.884. The van der Waals surface area contributed by atoms with E-state index in [2.05, 4.69) is 10.2 Å². The summed E-state index contributed by atoms with van der Waals surface area (Å²) in [5, 5.41) is 5.35. The lowest BCUT2D eigenvalue weighted by molar-refractivity contribution is -0.186. The van der Waals surface area contributed by atoms with Crippen LogP contribution < -0.4 is 0 Å². The first-order valence-electron chi connectivity index (χ1n) is 4.70. The molecule has 0 saturated carbocycles. The van der Waals surface area contributed by atoms with Crippen molar-refractivity contribution >= 4 is 0 Å². The van der Waals surface area contributed by atoms with E-state index in [4.69, 9.17) is 0 Å². The van der Waals surface area contributed by atoms with Gasteiger partial charge in [-0.3, -0.25) is 0 Å². The Morgan fingerprint density at radius 3 is 1.74 bits per heavy atom. The largest absolute Gasteiger partial charge is 0.425 e. The number of rotatable bonds is 2. The minimum atomic E-state index is -5.26. The molecule has 1 aromatic heterocycles. The predicted molar refractivity (Wildman–Crippen MR) is 46.6 cm³/mol. The lowest BCUT2D eigenvalue weighted by Crippen LogP contribution is -2.22. The number of alkyl halides is 8. The van der Waals surface area contributed by atoms with Crippen LogP contribution in [0.3, 0.4) is 0 Å². The Bertz CT molecular complexity index is 453. The fraction of sp³-hybridized carbons (Fsp3) is 0.556. The number of aromatic nitrogens is 2. The predicted octanol–water partition coefficient (Wildman–Crippen LogP) is 3.93. The molecule has 1 rings (SSSR count). The second-order valence-corrected chi connectivity index (χ2v) is 3.65. The van der Waals surface area contributed by atoms with Gasteiger partial charge in [-0.25, -0.2) is 8.78 Å². The molecule has 19 heavy (non-hydrogen) atoms. The van der Waals surface area contributed by atoms with Crippen LogP contribution in [-0.2, 0) is 0 Å². The van der Waals surface area contributed by atoms with Crippen LogP contribution in [0.2, 0.25) is 0 Å². The summed E-state index contributed by atoms with van der Waals surface area (Å²) in [6, 6.07) is 0.388. The van der Waals surface area contributed by atoms with Gasteiger partial charge in [0.1, 0.15) is 11.4 Å². The standard InChI is InChI=1S/C9H6F8N2/c1-3-2-4(6(10)8(12,13)14)18-19-5(3)7(11)9(15,16)17/h2,6-7H,1H3. The molecule has 0 N–H and O–H groups in total. The van der Waals surface area contributed by atoms with Gasteiger partial charge in [-0.15, -0.1) is 0 Å². The van der Waals surface area contributed by atoms with Crippen molar-refractivity contribution < 1.29 is 35.1 Å². The lowest BCUT2D eigenvalue weighted by Gasteiger charge is -2.15. The van der Waals surface area contributed by atoms with E-state index in [9.17, 15) is 35.1 Å².